The van der Waals surface area contributed by atoms with E-state index in [1.807, 2.05) is 0 Å². The minimum absolute atomic E-state index is 0.261. The van der Waals surface area contributed by atoms with Crippen LogP contribution in [0, 0.1) is 6.92 Å². The molecule has 2 heteroatoms. The molecule has 0 amide bonds. The number of rotatable bonds is 1. The fourth-order valence-electron chi connectivity index (χ4n) is 3.04. The summed E-state index contributed by atoms with van der Waals surface area (Å²) in [6.07, 6.45) is 2.08. The molecule has 18 heavy (non-hydrogen) atoms. The summed E-state index contributed by atoms with van der Waals surface area (Å²) in [4.78, 5) is 5.61. The third kappa shape index (κ3) is 1.64. The molecule has 0 spiro atoms. The number of nitrogens with zero attached hydrogens (tertiary/aromatic N) is 1. The molecular weight excluding hydrogens is 220 g/mol. The van der Waals surface area contributed by atoms with Crippen LogP contribution < -0.4 is 4.90 Å². The van der Waals surface area contributed by atoms with E-state index in [0.717, 1.165) is 6.54 Å². The van der Waals surface area contributed by atoms with Crippen molar-refractivity contribution < 1.29 is 0 Å². The number of aromatic nitrogens is 1. The van der Waals surface area contributed by atoms with Gasteiger partial charge in [0.25, 0.3) is 0 Å². The van der Waals surface area contributed by atoms with E-state index in [9.17, 15) is 0 Å². The summed E-state index contributed by atoms with van der Waals surface area (Å²) in [5.74, 6) is 0. The standard InChI is InChI=1S/C16H20N2/c1-11-7-13(9-17-11)12-5-6-14-15(8-12)18(4)10-16(14,2)3/h5-9,17H,10H2,1-4H3. The highest BCUT2D eigenvalue weighted by Crippen LogP contribution is 2.41. The van der Waals surface area contributed by atoms with E-state index in [0.29, 0.717) is 0 Å². The molecule has 0 aliphatic carbocycles. The number of H-pyrrole nitrogens is 1. The predicted octanol–water partition coefficient (Wildman–Crippen LogP) is 3.72. The van der Waals surface area contributed by atoms with Crippen molar-refractivity contribution in [2.75, 3.05) is 18.5 Å². The first-order chi connectivity index (χ1) is 8.47. The lowest BCUT2D eigenvalue weighted by Gasteiger charge is -2.18. The van der Waals surface area contributed by atoms with Crippen molar-refractivity contribution in [3.05, 3.63) is 41.7 Å². The van der Waals surface area contributed by atoms with Crippen LogP contribution in [0.2, 0.25) is 0 Å². The molecule has 1 aromatic carbocycles. The first kappa shape index (κ1) is 11.4. The van der Waals surface area contributed by atoms with Gasteiger partial charge in [0.15, 0.2) is 0 Å². The second kappa shape index (κ2) is 3.64. The number of hydrogen-bond donors (Lipinski definition) is 1. The zero-order valence-corrected chi connectivity index (χ0v) is 11.5. The van der Waals surface area contributed by atoms with Gasteiger partial charge >= 0.3 is 0 Å². The number of nitrogens with one attached hydrogen (secondary N) is 1. The molecular formula is C16H20N2. The maximum Gasteiger partial charge on any atom is 0.0408 e. The normalized spacial score (nSPS) is 17.0. The first-order valence-electron chi connectivity index (χ1n) is 6.48. The third-order valence-electron chi connectivity index (χ3n) is 3.93. The lowest BCUT2D eigenvalue weighted by Crippen LogP contribution is -2.24. The average Bonchev–Trinajstić information content (AvgIpc) is 2.82. The zero-order chi connectivity index (χ0) is 12.9. The van der Waals surface area contributed by atoms with E-state index in [2.05, 4.69) is 68.2 Å². The summed E-state index contributed by atoms with van der Waals surface area (Å²) in [6.45, 7) is 7.81. The van der Waals surface area contributed by atoms with Crippen LogP contribution in [0.3, 0.4) is 0 Å². The van der Waals surface area contributed by atoms with Crippen LogP contribution in [0.4, 0.5) is 5.69 Å². The van der Waals surface area contributed by atoms with E-state index < -0.39 is 0 Å². The Hall–Kier alpha value is -1.70. The van der Waals surface area contributed by atoms with Crippen molar-refractivity contribution in [2.45, 2.75) is 26.2 Å². The largest absolute Gasteiger partial charge is 0.373 e. The van der Waals surface area contributed by atoms with Crippen molar-refractivity contribution >= 4 is 5.69 Å². The quantitative estimate of drug-likeness (QED) is 0.805. The number of benzene rings is 1. The van der Waals surface area contributed by atoms with Gasteiger partial charge in [-0.1, -0.05) is 26.0 Å². The molecule has 0 saturated carbocycles. The summed E-state index contributed by atoms with van der Waals surface area (Å²) in [6, 6.07) is 9.04. The molecule has 0 atom stereocenters. The summed E-state index contributed by atoms with van der Waals surface area (Å²) < 4.78 is 0. The Bertz CT molecular complexity index is 593. The molecule has 0 bridgehead atoms. The molecule has 1 aliphatic rings. The van der Waals surface area contributed by atoms with Crippen LogP contribution in [0.1, 0.15) is 25.1 Å². The van der Waals surface area contributed by atoms with Crippen molar-refractivity contribution in [3.63, 3.8) is 0 Å². The van der Waals surface area contributed by atoms with Gasteiger partial charge in [-0.15, -0.1) is 0 Å². The molecule has 1 aromatic heterocycles. The number of aromatic amines is 1. The molecule has 0 fully saturated rings. The third-order valence-corrected chi connectivity index (χ3v) is 3.93. The molecule has 2 heterocycles. The molecule has 2 nitrogen and oxygen atoms in total. The summed E-state index contributed by atoms with van der Waals surface area (Å²) in [7, 11) is 2.18. The molecule has 2 aromatic rings. The van der Waals surface area contributed by atoms with Crippen LogP contribution in [-0.4, -0.2) is 18.6 Å². The van der Waals surface area contributed by atoms with E-state index in [1.54, 1.807) is 0 Å². The maximum atomic E-state index is 3.25. The summed E-state index contributed by atoms with van der Waals surface area (Å²) in [5.41, 5.74) is 6.86. The molecule has 94 valence electrons. The molecule has 0 radical (unpaired) electrons. The number of hydrogen-bond acceptors (Lipinski definition) is 1. The first-order valence-corrected chi connectivity index (χ1v) is 6.48. The van der Waals surface area contributed by atoms with Crippen molar-refractivity contribution in [3.8, 4) is 11.1 Å². The minimum Gasteiger partial charge on any atom is -0.373 e. The van der Waals surface area contributed by atoms with Gasteiger partial charge in [0, 0.05) is 36.6 Å². The lowest BCUT2D eigenvalue weighted by molar-refractivity contribution is 0.563. The van der Waals surface area contributed by atoms with Gasteiger partial charge in [-0.3, -0.25) is 0 Å². The van der Waals surface area contributed by atoms with E-state index in [1.165, 1.54) is 28.1 Å². The molecule has 1 aliphatic heterocycles. The number of fused-ring (bicyclic) bond motifs is 1. The maximum absolute atomic E-state index is 3.25. The van der Waals surface area contributed by atoms with Crippen LogP contribution in [0.15, 0.2) is 30.5 Å². The van der Waals surface area contributed by atoms with Crippen molar-refractivity contribution in [1.29, 1.82) is 0 Å². The van der Waals surface area contributed by atoms with Gasteiger partial charge in [-0.2, -0.15) is 0 Å². The van der Waals surface area contributed by atoms with Crippen LogP contribution in [0.5, 0.6) is 0 Å². The Morgan fingerprint density at radius 3 is 2.61 bits per heavy atom. The Labute approximate surface area is 109 Å². The highest BCUT2D eigenvalue weighted by atomic mass is 15.1. The van der Waals surface area contributed by atoms with Gasteiger partial charge < -0.3 is 9.88 Å². The highest BCUT2D eigenvalue weighted by molar-refractivity contribution is 5.73. The monoisotopic (exact) mass is 240 g/mol. The average molecular weight is 240 g/mol. The Kier molecular flexibility index (Phi) is 2.31. The molecule has 3 rings (SSSR count). The second-order valence-corrected chi connectivity index (χ2v) is 6.04. The second-order valence-electron chi connectivity index (χ2n) is 6.04. The summed E-state index contributed by atoms with van der Waals surface area (Å²) in [5, 5.41) is 0. The van der Waals surface area contributed by atoms with Crippen LogP contribution in [-0.2, 0) is 5.41 Å². The van der Waals surface area contributed by atoms with Crippen LogP contribution >= 0.6 is 0 Å². The van der Waals surface area contributed by atoms with E-state index in [4.69, 9.17) is 0 Å². The Morgan fingerprint density at radius 2 is 1.94 bits per heavy atom. The SMILES string of the molecule is Cc1cc(-c2ccc3c(c2)N(C)CC3(C)C)c[nH]1. The Balaban J connectivity index is 2.10. The lowest BCUT2D eigenvalue weighted by atomic mass is 9.86. The number of aryl methyl sites for hydroxylation is 1. The van der Waals surface area contributed by atoms with E-state index >= 15 is 0 Å². The smallest absolute Gasteiger partial charge is 0.0408 e. The number of anilines is 1. The minimum atomic E-state index is 0.261. The van der Waals surface area contributed by atoms with Gasteiger partial charge in [0.05, 0.1) is 0 Å². The van der Waals surface area contributed by atoms with Crippen LogP contribution in [0.25, 0.3) is 11.1 Å². The van der Waals surface area contributed by atoms with Gasteiger partial charge in [0.1, 0.15) is 0 Å². The van der Waals surface area contributed by atoms with Gasteiger partial charge in [-0.05, 0) is 35.7 Å². The fraction of sp³-hybridized carbons (Fsp3) is 0.375. The number of likely N-dealkylation sites (N-methyl/N-ethyl adjacent to an activating group) is 1. The van der Waals surface area contributed by atoms with Crippen molar-refractivity contribution in [2.24, 2.45) is 0 Å². The van der Waals surface area contributed by atoms with Gasteiger partial charge in [-0.25, -0.2) is 0 Å². The Morgan fingerprint density at radius 1 is 1.17 bits per heavy atom. The zero-order valence-electron chi connectivity index (χ0n) is 11.5. The highest BCUT2D eigenvalue weighted by Gasteiger charge is 2.33. The van der Waals surface area contributed by atoms with Gasteiger partial charge in [0.2, 0.25) is 0 Å². The molecule has 0 unspecified atom stereocenters. The van der Waals surface area contributed by atoms with E-state index in [-0.39, 0.29) is 5.41 Å². The fourth-order valence-corrected chi connectivity index (χ4v) is 3.04. The van der Waals surface area contributed by atoms with Crippen molar-refractivity contribution in [1.82, 2.24) is 4.98 Å². The predicted molar refractivity (Wildman–Crippen MR) is 77.3 cm³/mol. The topological polar surface area (TPSA) is 19.0 Å². The molecule has 1 N–H and O–H groups in total. The molecule has 0 saturated heterocycles. The summed E-state index contributed by atoms with van der Waals surface area (Å²) >= 11 is 0.